The van der Waals surface area contributed by atoms with Crippen LogP contribution in [0, 0.1) is 9.49 Å². The summed E-state index contributed by atoms with van der Waals surface area (Å²) in [4.78, 5) is 14.4. The number of carbonyl (C=O) groups is 1. The van der Waals surface area contributed by atoms with E-state index in [0.29, 0.717) is 6.42 Å². The van der Waals surface area contributed by atoms with Crippen LogP contribution in [-0.2, 0) is 17.6 Å². The Balaban J connectivity index is 2.10. The lowest BCUT2D eigenvalue weighted by Crippen LogP contribution is -2.21. The molecule has 3 nitrogen and oxygen atoms in total. The minimum absolute atomic E-state index is 0.227. The van der Waals surface area contributed by atoms with Gasteiger partial charge < -0.3 is 10.1 Å². The van der Waals surface area contributed by atoms with E-state index >= 15 is 0 Å². The summed E-state index contributed by atoms with van der Waals surface area (Å²) in [5.74, 6) is -0.904. The highest BCUT2D eigenvalue weighted by atomic mass is 127. The number of aryl methyl sites for hydroxylation is 1. The second-order valence-corrected chi connectivity index (χ2v) is 5.80. The zero-order valence-electron chi connectivity index (χ0n) is 9.16. The molecule has 4 heteroatoms. The number of aromatic nitrogens is 1. The highest BCUT2D eigenvalue weighted by molar-refractivity contribution is 14.1. The summed E-state index contributed by atoms with van der Waals surface area (Å²) in [6, 6.07) is 6.32. The zero-order chi connectivity index (χ0) is 12.0. The molecule has 0 bridgehead atoms. The average Bonchev–Trinajstić information content (AvgIpc) is 2.66. The van der Waals surface area contributed by atoms with E-state index in [9.17, 15) is 4.79 Å². The van der Waals surface area contributed by atoms with E-state index in [2.05, 4.69) is 45.8 Å². The maximum absolute atomic E-state index is 11.0. The van der Waals surface area contributed by atoms with E-state index in [1.165, 1.54) is 14.5 Å². The van der Waals surface area contributed by atoms with Gasteiger partial charge in [-0.3, -0.25) is 4.79 Å². The molecular weight excluding hydrogens is 329 g/mol. The predicted molar refractivity (Wildman–Crippen MR) is 74.2 cm³/mol. The van der Waals surface area contributed by atoms with Crippen LogP contribution in [0.4, 0.5) is 0 Å². The number of hydrogen-bond donors (Lipinski definition) is 2. The van der Waals surface area contributed by atoms with Gasteiger partial charge in [0.15, 0.2) is 0 Å². The Morgan fingerprint density at radius 2 is 2.29 bits per heavy atom. The molecule has 0 fully saturated rings. The largest absolute Gasteiger partial charge is 0.481 e. The lowest BCUT2D eigenvalue weighted by molar-refractivity contribution is -0.142. The first-order chi connectivity index (χ1) is 8.15. The lowest BCUT2D eigenvalue weighted by Gasteiger charge is -2.18. The first-order valence-electron chi connectivity index (χ1n) is 5.67. The van der Waals surface area contributed by atoms with E-state index in [1.807, 2.05) is 0 Å². The molecule has 0 saturated carbocycles. The number of halogens is 1. The normalized spacial score (nSPS) is 19.2. The van der Waals surface area contributed by atoms with Crippen molar-refractivity contribution in [2.24, 2.45) is 5.92 Å². The predicted octanol–water partition coefficient (Wildman–Crippen LogP) is 2.96. The number of fused-ring (bicyclic) bond motifs is 3. The average molecular weight is 341 g/mol. The van der Waals surface area contributed by atoms with Crippen molar-refractivity contribution in [2.45, 2.75) is 19.3 Å². The Morgan fingerprint density at radius 3 is 3.06 bits per heavy atom. The lowest BCUT2D eigenvalue weighted by atomic mass is 9.87. The molecule has 17 heavy (non-hydrogen) atoms. The van der Waals surface area contributed by atoms with E-state index < -0.39 is 5.97 Å². The number of carboxylic acids is 1. The van der Waals surface area contributed by atoms with Gasteiger partial charge in [-0.25, -0.2) is 0 Å². The van der Waals surface area contributed by atoms with Gasteiger partial charge in [0.1, 0.15) is 0 Å². The topological polar surface area (TPSA) is 53.1 Å². The van der Waals surface area contributed by atoms with Crippen molar-refractivity contribution in [2.75, 3.05) is 0 Å². The molecule has 2 aromatic rings. The molecule has 1 aromatic carbocycles. The number of rotatable bonds is 1. The number of carboxylic acid groups (broad SMARTS) is 1. The molecule has 3 rings (SSSR count). The van der Waals surface area contributed by atoms with E-state index in [1.54, 1.807) is 0 Å². The van der Waals surface area contributed by atoms with Crippen LogP contribution in [0.3, 0.4) is 0 Å². The molecule has 1 aliphatic rings. The molecular formula is C13H12INO2. The SMILES string of the molecule is O=C(O)C1CCc2c([nH]c3ccc(I)cc23)C1. The van der Waals surface area contributed by atoms with Gasteiger partial charge in [-0.1, -0.05) is 0 Å². The minimum atomic E-state index is -0.677. The van der Waals surface area contributed by atoms with Gasteiger partial charge in [-0.15, -0.1) is 0 Å². The standard InChI is InChI=1S/C13H12INO2/c14-8-2-4-11-10(6-8)9-3-1-7(13(16)17)5-12(9)15-11/h2,4,6-7,15H,1,3,5H2,(H,16,17). The smallest absolute Gasteiger partial charge is 0.306 e. The quantitative estimate of drug-likeness (QED) is 0.784. The minimum Gasteiger partial charge on any atom is -0.481 e. The highest BCUT2D eigenvalue weighted by Crippen LogP contribution is 2.32. The van der Waals surface area contributed by atoms with Crippen molar-refractivity contribution in [3.63, 3.8) is 0 Å². The third-order valence-electron chi connectivity index (χ3n) is 3.50. The van der Waals surface area contributed by atoms with Crippen LogP contribution in [0.1, 0.15) is 17.7 Å². The summed E-state index contributed by atoms with van der Waals surface area (Å²) in [7, 11) is 0. The van der Waals surface area contributed by atoms with Crippen LogP contribution in [0.2, 0.25) is 0 Å². The van der Waals surface area contributed by atoms with Gasteiger partial charge >= 0.3 is 5.97 Å². The zero-order valence-corrected chi connectivity index (χ0v) is 11.3. The fourth-order valence-corrected chi connectivity index (χ4v) is 3.10. The van der Waals surface area contributed by atoms with Crippen molar-refractivity contribution in [3.05, 3.63) is 33.0 Å². The van der Waals surface area contributed by atoms with Crippen molar-refractivity contribution in [1.82, 2.24) is 4.98 Å². The Morgan fingerprint density at radius 1 is 1.47 bits per heavy atom. The molecule has 1 heterocycles. The Bertz CT molecular complexity index is 603. The highest BCUT2D eigenvalue weighted by Gasteiger charge is 2.26. The van der Waals surface area contributed by atoms with Gasteiger partial charge in [-0.2, -0.15) is 0 Å². The third-order valence-corrected chi connectivity index (χ3v) is 4.17. The molecule has 1 atom stereocenters. The molecule has 1 aromatic heterocycles. The van der Waals surface area contributed by atoms with Crippen molar-refractivity contribution < 1.29 is 9.90 Å². The molecule has 0 aliphatic heterocycles. The van der Waals surface area contributed by atoms with Gasteiger partial charge in [0.05, 0.1) is 5.92 Å². The molecule has 1 aliphatic carbocycles. The summed E-state index contributed by atoms with van der Waals surface area (Å²) in [6.07, 6.45) is 2.25. The second kappa shape index (κ2) is 4.01. The fraction of sp³-hybridized carbons (Fsp3) is 0.308. The Labute approximate surface area is 112 Å². The molecule has 0 radical (unpaired) electrons. The monoisotopic (exact) mass is 341 g/mol. The maximum atomic E-state index is 11.0. The van der Waals surface area contributed by atoms with Gasteiger partial charge in [0.25, 0.3) is 0 Å². The Hall–Kier alpha value is -1.04. The molecule has 0 amide bonds. The van der Waals surface area contributed by atoms with Crippen LogP contribution in [-0.4, -0.2) is 16.1 Å². The van der Waals surface area contributed by atoms with Gasteiger partial charge in [-0.05, 0) is 59.2 Å². The van der Waals surface area contributed by atoms with Crippen LogP contribution in [0.15, 0.2) is 18.2 Å². The fourth-order valence-electron chi connectivity index (χ4n) is 2.61. The van der Waals surface area contributed by atoms with Gasteiger partial charge in [0.2, 0.25) is 0 Å². The van der Waals surface area contributed by atoms with E-state index in [0.717, 1.165) is 24.1 Å². The summed E-state index contributed by atoms with van der Waals surface area (Å²) in [5, 5.41) is 10.3. The maximum Gasteiger partial charge on any atom is 0.306 e. The number of hydrogen-bond acceptors (Lipinski definition) is 1. The Kier molecular flexibility index (Phi) is 2.61. The van der Waals surface area contributed by atoms with Gasteiger partial charge in [0, 0.05) is 26.6 Å². The summed E-state index contributed by atoms with van der Waals surface area (Å²) < 4.78 is 1.22. The number of H-pyrrole nitrogens is 1. The summed E-state index contributed by atoms with van der Waals surface area (Å²) >= 11 is 2.31. The van der Waals surface area contributed by atoms with Crippen molar-refractivity contribution in [3.8, 4) is 0 Å². The molecule has 1 unspecified atom stereocenters. The number of aromatic amines is 1. The molecule has 88 valence electrons. The number of benzene rings is 1. The van der Waals surface area contributed by atoms with Crippen LogP contribution in [0.25, 0.3) is 10.9 Å². The first-order valence-corrected chi connectivity index (χ1v) is 6.75. The number of aliphatic carboxylic acids is 1. The number of nitrogens with one attached hydrogen (secondary N) is 1. The van der Waals surface area contributed by atoms with E-state index in [-0.39, 0.29) is 5.92 Å². The van der Waals surface area contributed by atoms with Crippen LogP contribution >= 0.6 is 22.6 Å². The molecule has 2 N–H and O–H groups in total. The van der Waals surface area contributed by atoms with Crippen molar-refractivity contribution in [1.29, 1.82) is 0 Å². The van der Waals surface area contributed by atoms with Crippen molar-refractivity contribution >= 4 is 39.5 Å². The summed E-state index contributed by atoms with van der Waals surface area (Å²) in [6.45, 7) is 0. The van der Waals surface area contributed by atoms with Crippen LogP contribution in [0.5, 0.6) is 0 Å². The van der Waals surface area contributed by atoms with Crippen LogP contribution < -0.4 is 0 Å². The molecule has 0 spiro atoms. The molecule has 0 saturated heterocycles. The summed E-state index contributed by atoms with van der Waals surface area (Å²) in [5.41, 5.74) is 3.55. The van der Waals surface area contributed by atoms with E-state index in [4.69, 9.17) is 5.11 Å². The second-order valence-electron chi connectivity index (χ2n) is 4.55. The third kappa shape index (κ3) is 1.84. The first kappa shape index (κ1) is 11.1.